The van der Waals surface area contributed by atoms with Crippen molar-refractivity contribution in [1.82, 2.24) is 15.8 Å². The highest BCUT2D eigenvalue weighted by Crippen LogP contribution is 2.16. The SMILES string of the molecule is CN(CCOc1ccc(CC(C(=O)NN)C(=O)NN)cc1)c1ccccn1. The first-order chi connectivity index (χ1) is 13.0. The molecule has 2 rings (SSSR count). The quantitative estimate of drug-likeness (QED) is 0.206. The summed E-state index contributed by atoms with van der Waals surface area (Å²) in [5, 5.41) is 0. The number of nitrogens with one attached hydrogen (secondary N) is 2. The largest absolute Gasteiger partial charge is 0.492 e. The van der Waals surface area contributed by atoms with E-state index in [4.69, 9.17) is 16.4 Å². The smallest absolute Gasteiger partial charge is 0.246 e. The van der Waals surface area contributed by atoms with Gasteiger partial charge in [-0.2, -0.15) is 0 Å². The summed E-state index contributed by atoms with van der Waals surface area (Å²) in [4.78, 5) is 29.7. The third-order valence-corrected chi connectivity index (χ3v) is 4.02. The topological polar surface area (TPSA) is 136 Å². The molecule has 0 spiro atoms. The lowest BCUT2D eigenvalue weighted by Gasteiger charge is -2.18. The minimum absolute atomic E-state index is 0.175. The number of amides is 2. The van der Waals surface area contributed by atoms with Crippen molar-refractivity contribution < 1.29 is 14.3 Å². The number of aromatic nitrogens is 1. The van der Waals surface area contributed by atoms with Gasteiger partial charge in [0.15, 0.2) is 0 Å². The number of nitrogens with two attached hydrogens (primary N) is 2. The van der Waals surface area contributed by atoms with E-state index in [1.54, 1.807) is 30.5 Å². The second-order valence-corrected chi connectivity index (χ2v) is 5.88. The highest BCUT2D eigenvalue weighted by atomic mass is 16.5. The van der Waals surface area contributed by atoms with Gasteiger partial charge in [0.1, 0.15) is 24.1 Å². The molecule has 1 aromatic carbocycles. The molecular weight excluding hydrogens is 348 g/mol. The average Bonchev–Trinajstić information content (AvgIpc) is 2.72. The van der Waals surface area contributed by atoms with Crippen molar-refractivity contribution >= 4 is 17.6 Å². The summed E-state index contributed by atoms with van der Waals surface area (Å²) in [5.74, 6) is 9.59. The predicted octanol–water partition coefficient (Wildman–Crippen LogP) is -0.265. The van der Waals surface area contributed by atoms with E-state index in [-0.39, 0.29) is 6.42 Å². The molecule has 0 saturated carbocycles. The second kappa shape index (κ2) is 10.1. The highest BCUT2D eigenvalue weighted by molar-refractivity contribution is 6.00. The molecule has 9 nitrogen and oxygen atoms in total. The van der Waals surface area contributed by atoms with Crippen molar-refractivity contribution in [3.05, 3.63) is 54.2 Å². The number of nitrogens with zero attached hydrogens (tertiary/aromatic N) is 2. The molecule has 0 unspecified atom stereocenters. The van der Waals surface area contributed by atoms with Crippen molar-refractivity contribution in [2.45, 2.75) is 6.42 Å². The molecular formula is C18H24N6O3. The van der Waals surface area contributed by atoms with E-state index in [1.807, 2.05) is 41.0 Å². The van der Waals surface area contributed by atoms with Crippen LogP contribution in [0.3, 0.4) is 0 Å². The maximum absolute atomic E-state index is 11.7. The fraction of sp³-hybridized carbons (Fsp3) is 0.278. The van der Waals surface area contributed by atoms with Gasteiger partial charge in [0.05, 0.1) is 6.54 Å². The molecule has 144 valence electrons. The van der Waals surface area contributed by atoms with Crippen molar-refractivity contribution in [1.29, 1.82) is 0 Å². The highest BCUT2D eigenvalue weighted by Gasteiger charge is 2.25. The Kier molecular flexibility index (Phi) is 7.53. The minimum Gasteiger partial charge on any atom is -0.492 e. The number of likely N-dealkylation sites (N-methyl/N-ethyl adjacent to an activating group) is 1. The molecule has 2 aromatic rings. The molecule has 1 aromatic heterocycles. The molecule has 2 amide bonds. The van der Waals surface area contributed by atoms with Crippen LogP contribution in [-0.4, -0.2) is 37.0 Å². The molecule has 0 radical (unpaired) electrons. The number of hydrogen-bond donors (Lipinski definition) is 4. The second-order valence-electron chi connectivity index (χ2n) is 5.88. The van der Waals surface area contributed by atoms with E-state index in [1.165, 1.54) is 0 Å². The molecule has 9 heteroatoms. The summed E-state index contributed by atoms with van der Waals surface area (Å²) in [6, 6.07) is 12.9. The van der Waals surface area contributed by atoms with Gasteiger partial charge in [-0.05, 0) is 36.2 Å². The minimum atomic E-state index is -1.00. The van der Waals surface area contributed by atoms with Crippen LogP contribution in [0.1, 0.15) is 5.56 Å². The summed E-state index contributed by atoms with van der Waals surface area (Å²) >= 11 is 0. The van der Waals surface area contributed by atoms with Gasteiger partial charge in [-0.25, -0.2) is 16.7 Å². The first kappa shape index (κ1) is 20.1. The lowest BCUT2D eigenvalue weighted by Crippen LogP contribution is -2.46. The normalized spacial score (nSPS) is 10.4. The zero-order valence-corrected chi connectivity index (χ0v) is 15.1. The molecule has 27 heavy (non-hydrogen) atoms. The molecule has 0 atom stereocenters. The van der Waals surface area contributed by atoms with Crippen molar-refractivity contribution in [3.63, 3.8) is 0 Å². The zero-order chi connectivity index (χ0) is 19.6. The van der Waals surface area contributed by atoms with Gasteiger partial charge >= 0.3 is 0 Å². The Labute approximate surface area is 157 Å². The summed E-state index contributed by atoms with van der Waals surface area (Å²) < 4.78 is 5.73. The molecule has 1 heterocycles. The molecule has 0 aliphatic carbocycles. The lowest BCUT2D eigenvalue weighted by atomic mass is 9.98. The van der Waals surface area contributed by atoms with Crippen LogP contribution in [-0.2, 0) is 16.0 Å². The Morgan fingerprint density at radius 1 is 1.11 bits per heavy atom. The zero-order valence-electron chi connectivity index (χ0n) is 15.1. The van der Waals surface area contributed by atoms with Crippen LogP contribution in [0.25, 0.3) is 0 Å². The third kappa shape index (κ3) is 5.94. The van der Waals surface area contributed by atoms with E-state index in [2.05, 4.69) is 4.98 Å². The Balaban J connectivity index is 1.87. The van der Waals surface area contributed by atoms with Crippen LogP contribution >= 0.6 is 0 Å². The Hall–Kier alpha value is -3.17. The van der Waals surface area contributed by atoms with E-state index < -0.39 is 17.7 Å². The number of benzene rings is 1. The summed E-state index contributed by atoms with van der Waals surface area (Å²) in [6.45, 7) is 1.16. The number of carbonyl (C=O) groups is 2. The van der Waals surface area contributed by atoms with E-state index in [0.29, 0.717) is 18.9 Å². The standard InChI is InChI=1S/C18H24N6O3/c1-24(16-4-2-3-9-21-16)10-11-27-14-7-5-13(6-8-14)12-15(17(25)22-19)18(26)23-20/h2-9,15H,10-12,19-20H2,1H3,(H,22,25)(H,23,26). The first-order valence-corrected chi connectivity index (χ1v) is 8.40. The van der Waals surface area contributed by atoms with Gasteiger partial charge in [-0.1, -0.05) is 18.2 Å². The van der Waals surface area contributed by atoms with Crippen LogP contribution in [0.5, 0.6) is 5.75 Å². The van der Waals surface area contributed by atoms with Gasteiger partial charge in [-0.15, -0.1) is 0 Å². The number of rotatable bonds is 9. The van der Waals surface area contributed by atoms with Gasteiger partial charge in [0, 0.05) is 13.2 Å². The van der Waals surface area contributed by atoms with Crippen LogP contribution in [0.15, 0.2) is 48.7 Å². The Bertz CT molecular complexity index is 723. The number of hydrogen-bond acceptors (Lipinski definition) is 7. The van der Waals surface area contributed by atoms with E-state index in [9.17, 15) is 9.59 Å². The monoisotopic (exact) mass is 372 g/mol. The van der Waals surface area contributed by atoms with Gasteiger partial charge in [-0.3, -0.25) is 20.4 Å². The fourth-order valence-electron chi connectivity index (χ4n) is 2.46. The molecule has 0 bridgehead atoms. The van der Waals surface area contributed by atoms with Crippen LogP contribution < -0.4 is 32.2 Å². The molecule has 0 saturated heterocycles. The maximum atomic E-state index is 11.7. The summed E-state index contributed by atoms with van der Waals surface area (Å²) in [5.41, 5.74) is 4.73. The molecule has 6 N–H and O–H groups in total. The van der Waals surface area contributed by atoms with Crippen LogP contribution in [0.4, 0.5) is 5.82 Å². The van der Waals surface area contributed by atoms with Gasteiger partial charge < -0.3 is 9.64 Å². The Morgan fingerprint density at radius 2 is 1.78 bits per heavy atom. The summed E-state index contributed by atoms with van der Waals surface area (Å²) in [6.07, 6.45) is 1.92. The number of hydrazine groups is 2. The van der Waals surface area contributed by atoms with E-state index >= 15 is 0 Å². The van der Waals surface area contributed by atoms with Crippen LogP contribution in [0, 0.1) is 5.92 Å². The van der Waals surface area contributed by atoms with Gasteiger partial charge in [0.2, 0.25) is 11.8 Å². The lowest BCUT2D eigenvalue weighted by molar-refractivity contribution is -0.135. The molecule has 0 fully saturated rings. The van der Waals surface area contributed by atoms with Crippen LogP contribution in [0.2, 0.25) is 0 Å². The van der Waals surface area contributed by atoms with Crippen molar-refractivity contribution in [3.8, 4) is 5.75 Å². The third-order valence-electron chi connectivity index (χ3n) is 4.02. The molecule has 0 aliphatic rings. The number of pyridine rings is 1. The van der Waals surface area contributed by atoms with E-state index in [0.717, 1.165) is 11.4 Å². The average molecular weight is 372 g/mol. The van der Waals surface area contributed by atoms with Gasteiger partial charge in [0.25, 0.3) is 0 Å². The summed E-state index contributed by atoms with van der Waals surface area (Å²) in [7, 11) is 1.94. The number of carbonyl (C=O) groups excluding carboxylic acids is 2. The predicted molar refractivity (Wildman–Crippen MR) is 101 cm³/mol. The fourth-order valence-corrected chi connectivity index (χ4v) is 2.46. The maximum Gasteiger partial charge on any atom is 0.246 e. The number of ether oxygens (including phenoxy) is 1. The molecule has 0 aliphatic heterocycles. The van der Waals surface area contributed by atoms with Crippen molar-refractivity contribution in [2.24, 2.45) is 17.6 Å². The number of anilines is 1. The van der Waals surface area contributed by atoms with Crippen molar-refractivity contribution in [2.75, 3.05) is 25.1 Å². The first-order valence-electron chi connectivity index (χ1n) is 8.40. The Morgan fingerprint density at radius 3 is 2.33 bits per heavy atom.